The molecule has 0 saturated heterocycles. The molecule has 162 valence electrons. The Bertz CT molecular complexity index is 1400. The predicted molar refractivity (Wildman–Crippen MR) is 118 cm³/mol. The number of hydrogen-bond acceptors (Lipinski definition) is 6. The van der Waals surface area contributed by atoms with Crippen molar-refractivity contribution in [1.29, 1.82) is 0 Å². The monoisotopic (exact) mass is 431 g/mol. The number of fused-ring (bicyclic) bond motifs is 2. The summed E-state index contributed by atoms with van der Waals surface area (Å²) in [6.07, 6.45) is 0. The first-order chi connectivity index (χ1) is 15.5. The van der Waals surface area contributed by atoms with Crippen molar-refractivity contribution in [2.24, 2.45) is 0 Å². The van der Waals surface area contributed by atoms with E-state index in [0.29, 0.717) is 23.4 Å². The molecule has 2 aromatic heterocycles. The quantitative estimate of drug-likeness (QED) is 0.335. The van der Waals surface area contributed by atoms with Gasteiger partial charge < -0.3 is 23.2 Å². The van der Waals surface area contributed by atoms with Gasteiger partial charge in [-0.05, 0) is 55.8 Å². The summed E-state index contributed by atoms with van der Waals surface area (Å²) in [6.45, 7) is 4.65. The minimum Gasteiger partial charge on any atom is -0.485 e. The number of Topliss-reactive ketones (excluding diaryl/α,β-unsaturated/α-hetero) is 1. The van der Waals surface area contributed by atoms with E-state index in [0.717, 1.165) is 33.8 Å². The highest BCUT2D eigenvalue weighted by Gasteiger charge is 2.18. The first-order valence-corrected chi connectivity index (χ1v) is 10.2. The Kier molecular flexibility index (Phi) is 4.93. The van der Waals surface area contributed by atoms with Crippen LogP contribution in [0.2, 0.25) is 0 Å². The molecule has 0 bridgehead atoms. The molecule has 7 heteroatoms. The van der Waals surface area contributed by atoms with E-state index in [1.807, 2.05) is 38.1 Å². The molecule has 0 saturated carbocycles. The van der Waals surface area contributed by atoms with Crippen molar-refractivity contribution in [1.82, 2.24) is 4.57 Å². The van der Waals surface area contributed by atoms with Gasteiger partial charge in [0, 0.05) is 41.0 Å². The number of nitrogens with zero attached hydrogens (tertiary/aromatic N) is 1. The van der Waals surface area contributed by atoms with Crippen molar-refractivity contribution in [2.75, 3.05) is 13.4 Å². The van der Waals surface area contributed by atoms with E-state index >= 15 is 0 Å². The van der Waals surface area contributed by atoms with E-state index in [2.05, 4.69) is 4.57 Å². The summed E-state index contributed by atoms with van der Waals surface area (Å²) >= 11 is 0. The maximum atomic E-state index is 12.9. The second kappa shape index (κ2) is 7.92. The number of ether oxygens (including phenoxy) is 3. The SMILES string of the molecule is Cc1cc(C(=O)COc2ccc3ccc(=O)oc3c2)c(C)n1Cc1ccc2c(c1)OCO2. The fourth-order valence-corrected chi connectivity index (χ4v) is 3.91. The van der Waals surface area contributed by atoms with Crippen LogP contribution in [0.25, 0.3) is 11.0 Å². The van der Waals surface area contributed by atoms with Crippen molar-refractivity contribution in [3.63, 3.8) is 0 Å². The van der Waals surface area contributed by atoms with Crippen LogP contribution >= 0.6 is 0 Å². The Morgan fingerprint density at radius 1 is 1.00 bits per heavy atom. The van der Waals surface area contributed by atoms with Crippen LogP contribution in [0.5, 0.6) is 17.2 Å². The Hall–Kier alpha value is -4.00. The summed E-state index contributed by atoms with van der Waals surface area (Å²) < 4.78 is 23.8. The minimum atomic E-state index is -0.430. The van der Waals surface area contributed by atoms with Gasteiger partial charge in [-0.2, -0.15) is 0 Å². The average molecular weight is 431 g/mol. The predicted octanol–water partition coefficient (Wildman–Crippen LogP) is 4.25. The summed E-state index contributed by atoms with van der Waals surface area (Å²) in [7, 11) is 0. The standard InChI is InChI=1S/C25H21NO6/c1-15-9-20(16(2)26(15)12-17-3-7-22-24(10-17)31-14-30-22)21(27)13-29-19-6-4-18-5-8-25(28)32-23(18)11-19/h3-11H,12-14H2,1-2H3. The maximum Gasteiger partial charge on any atom is 0.336 e. The lowest BCUT2D eigenvalue weighted by Gasteiger charge is -2.11. The summed E-state index contributed by atoms with van der Waals surface area (Å²) in [5, 5.41) is 0.787. The van der Waals surface area contributed by atoms with Gasteiger partial charge in [0.1, 0.15) is 11.3 Å². The molecule has 0 unspecified atom stereocenters. The lowest BCUT2D eigenvalue weighted by molar-refractivity contribution is 0.0920. The van der Waals surface area contributed by atoms with E-state index < -0.39 is 5.63 Å². The van der Waals surface area contributed by atoms with Crippen molar-refractivity contribution < 1.29 is 23.4 Å². The van der Waals surface area contributed by atoms with Crippen LogP contribution in [0.4, 0.5) is 0 Å². The number of hydrogen-bond donors (Lipinski definition) is 0. The molecule has 0 amide bonds. The molecular weight excluding hydrogens is 410 g/mol. The van der Waals surface area contributed by atoms with E-state index in [1.54, 1.807) is 24.3 Å². The van der Waals surface area contributed by atoms with Gasteiger partial charge in [-0.15, -0.1) is 0 Å². The largest absolute Gasteiger partial charge is 0.485 e. The molecule has 0 spiro atoms. The van der Waals surface area contributed by atoms with Crippen LogP contribution in [0.1, 0.15) is 27.3 Å². The second-order valence-corrected chi connectivity index (χ2v) is 7.72. The normalized spacial score (nSPS) is 12.3. The van der Waals surface area contributed by atoms with Gasteiger partial charge in [0.25, 0.3) is 0 Å². The fourth-order valence-electron chi connectivity index (χ4n) is 3.91. The summed E-state index contributed by atoms with van der Waals surface area (Å²) in [5.74, 6) is 1.83. The second-order valence-electron chi connectivity index (χ2n) is 7.72. The molecular formula is C25H21NO6. The molecule has 32 heavy (non-hydrogen) atoms. The highest BCUT2D eigenvalue weighted by molar-refractivity contribution is 5.98. The Morgan fingerprint density at radius 3 is 2.69 bits per heavy atom. The van der Waals surface area contributed by atoms with Gasteiger partial charge in [0.2, 0.25) is 12.6 Å². The lowest BCUT2D eigenvalue weighted by atomic mass is 10.1. The number of benzene rings is 2. The zero-order chi connectivity index (χ0) is 22.2. The number of carbonyl (C=O) groups excluding carboxylic acids is 1. The van der Waals surface area contributed by atoms with Crippen LogP contribution in [0, 0.1) is 13.8 Å². The molecule has 7 nitrogen and oxygen atoms in total. The maximum absolute atomic E-state index is 12.9. The first kappa shape index (κ1) is 19.9. The van der Waals surface area contributed by atoms with Gasteiger partial charge >= 0.3 is 5.63 Å². The Labute approximate surface area is 183 Å². The Balaban J connectivity index is 1.32. The van der Waals surface area contributed by atoms with Crippen LogP contribution in [-0.2, 0) is 6.54 Å². The first-order valence-electron chi connectivity index (χ1n) is 10.2. The Morgan fingerprint density at radius 2 is 1.81 bits per heavy atom. The van der Waals surface area contributed by atoms with Gasteiger partial charge in [-0.25, -0.2) is 4.79 Å². The summed E-state index contributed by atoms with van der Waals surface area (Å²) in [4.78, 5) is 24.3. The molecule has 0 N–H and O–H groups in total. The molecule has 0 radical (unpaired) electrons. The highest BCUT2D eigenvalue weighted by Crippen LogP contribution is 2.33. The fraction of sp³-hybridized carbons (Fsp3) is 0.200. The number of aryl methyl sites for hydroxylation is 1. The summed E-state index contributed by atoms with van der Waals surface area (Å²) in [6, 6.07) is 15.9. The number of carbonyl (C=O) groups is 1. The average Bonchev–Trinajstić information content (AvgIpc) is 3.36. The molecule has 4 aromatic rings. The molecule has 0 fully saturated rings. The van der Waals surface area contributed by atoms with Crippen molar-refractivity contribution in [2.45, 2.75) is 20.4 Å². The number of ketones is 1. The molecule has 0 atom stereocenters. The molecule has 2 aromatic carbocycles. The lowest BCUT2D eigenvalue weighted by Crippen LogP contribution is -2.13. The third-order valence-electron chi connectivity index (χ3n) is 5.62. The van der Waals surface area contributed by atoms with Gasteiger partial charge in [0.05, 0.1) is 0 Å². The number of aromatic nitrogens is 1. The smallest absolute Gasteiger partial charge is 0.336 e. The van der Waals surface area contributed by atoms with Crippen molar-refractivity contribution >= 4 is 16.8 Å². The van der Waals surface area contributed by atoms with E-state index in [4.69, 9.17) is 18.6 Å². The van der Waals surface area contributed by atoms with E-state index in [9.17, 15) is 9.59 Å². The molecule has 0 aliphatic carbocycles. The van der Waals surface area contributed by atoms with Crippen LogP contribution < -0.4 is 19.8 Å². The molecule has 1 aliphatic rings. The zero-order valence-corrected chi connectivity index (χ0v) is 17.7. The topological polar surface area (TPSA) is 79.9 Å². The molecule has 3 heterocycles. The molecule has 5 rings (SSSR count). The highest BCUT2D eigenvalue weighted by atomic mass is 16.7. The van der Waals surface area contributed by atoms with E-state index in [1.165, 1.54) is 6.07 Å². The van der Waals surface area contributed by atoms with Crippen LogP contribution in [-0.4, -0.2) is 23.8 Å². The summed E-state index contributed by atoms with van der Waals surface area (Å²) in [5.41, 5.74) is 3.53. The van der Waals surface area contributed by atoms with E-state index in [-0.39, 0.29) is 19.2 Å². The van der Waals surface area contributed by atoms with Gasteiger partial charge in [0.15, 0.2) is 18.1 Å². The van der Waals surface area contributed by atoms with Crippen LogP contribution in [0.15, 0.2) is 63.8 Å². The zero-order valence-electron chi connectivity index (χ0n) is 17.7. The van der Waals surface area contributed by atoms with Crippen LogP contribution in [0.3, 0.4) is 0 Å². The van der Waals surface area contributed by atoms with Crippen molar-refractivity contribution in [3.05, 3.63) is 87.5 Å². The van der Waals surface area contributed by atoms with Crippen molar-refractivity contribution in [3.8, 4) is 17.2 Å². The van der Waals surface area contributed by atoms with Gasteiger partial charge in [-0.3, -0.25) is 4.79 Å². The minimum absolute atomic E-state index is 0.114. The molecule has 1 aliphatic heterocycles. The third kappa shape index (κ3) is 3.73. The number of rotatable bonds is 6. The third-order valence-corrected chi connectivity index (χ3v) is 5.62. The van der Waals surface area contributed by atoms with Gasteiger partial charge in [-0.1, -0.05) is 6.07 Å².